The van der Waals surface area contributed by atoms with Gasteiger partial charge in [-0.3, -0.25) is 9.69 Å². The van der Waals surface area contributed by atoms with Crippen LogP contribution in [0.3, 0.4) is 0 Å². The molecular formula is C23H20N2O2S2. The number of benzene rings is 2. The van der Waals surface area contributed by atoms with E-state index in [0.717, 1.165) is 21.9 Å². The van der Waals surface area contributed by atoms with Gasteiger partial charge in [-0.25, -0.2) is 4.99 Å². The van der Waals surface area contributed by atoms with E-state index in [-0.39, 0.29) is 5.91 Å². The summed E-state index contributed by atoms with van der Waals surface area (Å²) >= 11 is 3.03. The second-order valence-corrected chi connectivity index (χ2v) is 8.59. The Morgan fingerprint density at radius 3 is 2.59 bits per heavy atom. The van der Waals surface area contributed by atoms with Crippen molar-refractivity contribution < 1.29 is 9.53 Å². The topological polar surface area (TPSA) is 41.9 Å². The highest BCUT2D eigenvalue weighted by molar-refractivity contribution is 8.18. The molecule has 0 radical (unpaired) electrons. The van der Waals surface area contributed by atoms with Crippen molar-refractivity contribution in [1.82, 2.24) is 4.90 Å². The molecule has 2 aromatic carbocycles. The maximum Gasteiger partial charge on any atom is 0.267 e. The summed E-state index contributed by atoms with van der Waals surface area (Å²) in [5.74, 6) is 0.697. The lowest BCUT2D eigenvalue weighted by molar-refractivity contribution is -0.122. The summed E-state index contributed by atoms with van der Waals surface area (Å²) in [7, 11) is 1.63. The first-order valence-corrected chi connectivity index (χ1v) is 10.9. The van der Waals surface area contributed by atoms with Crippen molar-refractivity contribution in [3.05, 3.63) is 87.0 Å². The van der Waals surface area contributed by atoms with E-state index in [1.165, 1.54) is 17.3 Å². The number of amides is 1. The number of hydrogen-bond donors (Lipinski definition) is 0. The lowest BCUT2D eigenvalue weighted by atomic mass is 10.2. The van der Waals surface area contributed by atoms with Crippen molar-refractivity contribution in [1.29, 1.82) is 0 Å². The van der Waals surface area contributed by atoms with Gasteiger partial charge in [-0.2, -0.15) is 0 Å². The number of hydrogen-bond acceptors (Lipinski definition) is 5. The van der Waals surface area contributed by atoms with E-state index in [1.54, 1.807) is 23.3 Å². The molecule has 29 heavy (non-hydrogen) atoms. The van der Waals surface area contributed by atoms with Gasteiger partial charge in [0.2, 0.25) is 0 Å². The van der Waals surface area contributed by atoms with E-state index in [2.05, 4.69) is 0 Å². The van der Waals surface area contributed by atoms with E-state index >= 15 is 0 Å². The first-order valence-electron chi connectivity index (χ1n) is 9.16. The molecule has 0 saturated carbocycles. The molecule has 0 spiro atoms. The number of nitrogens with zero attached hydrogens (tertiary/aromatic N) is 2. The molecule has 4 rings (SSSR count). The minimum atomic E-state index is -0.0415. The van der Waals surface area contributed by atoms with Crippen LogP contribution >= 0.6 is 23.1 Å². The molecule has 1 aliphatic rings. The number of aryl methyl sites for hydroxylation is 1. The molecular weight excluding hydrogens is 400 g/mol. The van der Waals surface area contributed by atoms with Crippen molar-refractivity contribution in [3.63, 3.8) is 0 Å². The molecule has 1 amide bonds. The minimum absolute atomic E-state index is 0.0415. The van der Waals surface area contributed by atoms with Crippen LogP contribution in [0.1, 0.15) is 16.0 Å². The van der Waals surface area contributed by atoms with Gasteiger partial charge in [-0.15, -0.1) is 11.3 Å². The molecule has 1 aliphatic heterocycles. The molecule has 0 bridgehead atoms. The number of thiophene rings is 1. The van der Waals surface area contributed by atoms with E-state index in [1.807, 2.05) is 79.0 Å². The van der Waals surface area contributed by atoms with Gasteiger partial charge < -0.3 is 4.74 Å². The Labute approximate surface area is 178 Å². The molecule has 3 aromatic rings. The maximum absolute atomic E-state index is 13.2. The first kappa shape index (κ1) is 19.5. The van der Waals surface area contributed by atoms with Crippen LogP contribution in [-0.4, -0.2) is 23.1 Å². The number of amidine groups is 1. The van der Waals surface area contributed by atoms with Crippen LogP contribution in [0.4, 0.5) is 5.69 Å². The molecule has 1 fully saturated rings. The Bertz CT molecular complexity index is 1070. The zero-order valence-electron chi connectivity index (χ0n) is 16.2. The second-order valence-electron chi connectivity index (χ2n) is 6.55. The molecule has 0 unspecified atom stereocenters. The fourth-order valence-electron chi connectivity index (χ4n) is 2.95. The van der Waals surface area contributed by atoms with E-state index < -0.39 is 0 Å². The Morgan fingerprint density at radius 1 is 1.07 bits per heavy atom. The van der Waals surface area contributed by atoms with Crippen molar-refractivity contribution in [2.75, 3.05) is 7.11 Å². The minimum Gasteiger partial charge on any atom is -0.496 e. The molecule has 146 valence electrons. The Hall–Kier alpha value is -2.83. The fraction of sp³-hybridized carbons (Fsp3) is 0.130. The van der Waals surface area contributed by atoms with Crippen molar-refractivity contribution in [3.8, 4) is 5.75 Å². The third-order valence-electron chi connectivity index (χ3n) is 4.47. The molecule has 4 nitrogen and oxygen atoms in total. The summed E-state index contributed by atoms with van der Waals surface area (Å²) in [5, 5.41) is 2.71. The first-order chi connectivity index (χ1) is 14.1. The van der Waals surface area contributed by atoms with Crippen LogP contribution in [0.5, 0.6) is 5.75 Å². The van der Waals surface area contributed by atoms with Crippen LogP contribution in [0.25, 0.3) is 6.08 Å². The third-order valence-corrected chi connectivity index (χ3v) is 6.33. The highest BCUT2D eigenvalue weighted by atomic mass is 32.2. The highest BCUT2D eigenvalue weighted by Gasteiger charge is 2.33. The second kappa shape index (κ2) is 8.68. The Balaban J connectivity index is 1.71. The summed E-state index contributed by atoms with van der Waals surface area (Å²) in [5.41, 5.74) is 2.88. The zero-order chi connectivity index (χ0) is 20.2. The van der Waals surface area contributed by atoms with Crippen LogP contribution in [0.15, 0.2) is 75.9 Å². The lowest BCUT2D eigenvalue weighted by Gasteiger charge is -2.14. The number of carbonyl (C=O) groups excluding carboxylic acids is 1. The average Bonchev–Trinajstić information content (AvgIpc) is 3.34. The van der Waals surface area contributed by atoms with Gasteiger partial charge in [-0.1, -0.05) is 42.0 Å². The largest absolute Gasteiger partial charge is 0.496 e. The number of methoxy groups -OCH3 is 1. The van der Waals surface area contributed by atoms with E-state index in [0.29, 0.717) is 16.6 Å². The number of aliphatic imine (C=N–C) groups is 1. The monoisotopic (exact) mass is 420 g/mol. The third kappa shape index (κ3) is 4.44. The summed E-state index contributed by atoms with van der Waals surface area (Å²) in [6.45, 7) is 2.55. The fourth-order valence-corrected chi connectivity index (χ4v) is 4.63. The summed E-state index contributed by atoms with van der Waals surface area (Å²) in [6, 6.07) is 19.7. The Kier molecular flexibility index (Phi) is 5.83. The normalized spacial score (nSPS) is 16.8. The van der Waals surface area contributed by atoms with Crippen molar-refractivity contribution in [2.24, 2.45) is 4.99 Å². The summed E-state index contributed by atoms with van der Waals surface area (Å²) in [6.07, 6.45) is 1.88. The van der Waals surface area contributed by atoms with Crippen LogP contribution < -0.4 is 4.74 Å². The van der Waals surface area contributed by atoms with Crippen LogP contribution in [0, 0.1) is 6.92 Å². The smallest absolute Gasteiger partial charge is 0.267 e. The predicted octanol–water partition coefficient (Wildman–Crippen LogP) is 5.87. The SMILES string of the molecule is COc1ccccc1/C=C1/SC(=Nc2ccc(C)cc2)N(Cc2cccs2)C1=O. The molecule has 2 heterocycles. The highest BCUT2D eigenvalue weighted by Crippen LogP contribution is 2.36. The maximum atomic E-state index is 13.2. The van der Waals surface area contributed by atoms with Gasteiger partial charge in [0.05, 0.1) is 24.2 Å². The lowest BCUT2D eigenvalue weighted by Crippen LogP contribution is -2.28. The van der Waals surface area contributed by atoms with Gasteiger partial charge in [0, 0.05) is 10.4 Å². The zero-order valence-corrected chi connectivity index (χ0v) is 17.8. The Morgan fingerprint density at radius 2 is 1.86 bits per heavy atom. The molecule has 1 saturated heterocycles. The molecule has 1 aromatic heterocycles. The summed E-state index contributed by atoms with van der Waals surface area (Å²) in [4.78, 5) is 21.5. The molecule has 0 aliphatic carbocycles. The van der Waals surface area contributed by atoms with Crippen molar-refractivity contribution in [2.45, 2.75) is 13.5 Å². The quantitative estimate of drug-likeness (QED) is 0.485. The van der Waals surface area contributed by atoms with Crippen LogP contribution in [0.2, 0.25) is 0 Å². The number of para-hydroxylation sites is 1. The van der Waals surface area contributed by atoms with Gasteiger partial charge in [0.15, 0.2) is 5.17 Å². The van der Waals surface area contributed by atoms with E-state index in [4.69, 9.17) is 9.73 Å². The molecule has 6 heteroatoms. The van der Waals surface area contributed by atoms with Gasteiger partial charge in [-0.05, 0) is 54.4 Å². The predicted molar refractivity (Wildman–Crippen MR) is 122 cm³/mol. The number of rotatable bonds is 5. The van der Waals surface area contributed by atoms with Gasteiger partial charge >= 0.3 is 0 Å². The average molecular weight is 421 g/mol. The van der Waals surface area contributed by atoms with Gasteiger partial charge in [0.25, 0.3) is 5.91 Å². The number of ether oxygens (including phenoxy) is 1. The molecule has 0 N–H and O–H groups in total. The number of carbonyl (C=O) groups is 1. The van der Waals surface area contributed by atoms with Gasteiger partial charge in [0.1, 0.15) is 5.75 Å². The van der Waals surface area contributed by atoms with Crippen LogP contribution in [-0.2, 0) is 11.3 Å². The van der Waals surface area contributed by atoms with Crippen molar-refractivity contribution >= 4 is 45.9 Å². The summed E-state index contributed by atoms with van der Waals surface area (Å²) < 4.78 is 5.43. The number of thioether (sulfide) groups is 1. The molecule has 0 atom stereocenters. The van der Waals surface area contributed by atoms with E-state index in [9.17, 15) is 4.79 Å². The standard InChI is InChI=1S/C23H20N2O2S2/c1-16-9-11-18(12-10-16)24-23-25(15-19-7-5-13-28-19)22(26)21(29-23)14-17-6-3-4-8-20(17)27-2/h3-14H,15H2,1-2H3/b21-14+,24-23?.